The molecular formula is C35H52O2. The maximum atomic E-state index is 12.5. The van der Waals surface area contributed by atoms with Crippen molar-refractivity contribution in [2.75, 3.05) is 0 Å². The summed E-state index contributed by atoms with van der Waals surface area (Å²) >= 11 is 0. The fourth-order valence-corrected chi connectivity index (χ4v) is 11.1. The van der Waals surface area contributed by atoms with E-state index in [0.29, 0.717) is 35.0 Å². The van der Waals surface area contributed by atoms with Crippen LogP contribution in [0.1, 0.15) is 118 Å². The van der Waals surface area contributed by atoms with Gasteiger partial charge >= 0.3 is 5.97 Å². The summed E-state index contributed by atoms with van der Waals surface area (Å²) in [5.74, 6) is 6.15. The Kier molecular flexibility index (Phi) is 7.03. The summed E-state index contributed by atoms with van der Waals surface area (Å²) in [5.41, 5.74) is 3.02. The molecule has 0 heterocycles. The molecule has 0 spiro atoms. The zero-order chi connectivity index (χ0) is 26.6. The van der Waals surface area contributed by atoms with Gasteiger partial charge in [0.15, 0.2) is 0 Å². The topological polar surface area (TPSA) is 26.3 Å². The molecule has 204 valence electrons. The van der Waals surface area contributed by atoms with Crippen LogP contribution in [0.2, 0.25) is 0 Å². The van der Waals surface area contributed by atoms with Crippen LogP contribution in [0.5, 0.6) is 0 Å². The van der Waals surface area contributed by atoms with Gasteiger partial charge in [-0.3, -0.25) is 4.79 Å². The van der Waals surface area contributed by atoms with Crippen molar-refractivity contribution in [3.63, 3.8) is 0 Å². The molecular weight excluding hydrogens is 452 g/mol. The largest absolute Gasteiger partial charge is 0.462 e. The minimum Gasteiger partial charge on any atom is -0.462 e. The van der Waals surface area contributed by atoms with Crippen molar-refractivity contribution < 1.29 is 9.53 Å². The first kappa shape index (κ1) is 27.1. The minimum absolute atomic E-state index is 0.00535. The van der Waals surface area contributed by atoms with Crippen molar-refractivity contribution >= 4 is 5.97 Å². The van der Waals surface area contributed by atoms with Gasteiger partial charge in [0.2, 0.25) is 0 Å². The number of terminal acetylenes is 1. The zero-order valence-corrected chi connectivity index (χ0v) is 24.4. The summed E-state index contributed by atoms with van der Waals surface area (Å²) in [4.78, 5) is 12.5. The van der Waals surface area contributed by atoms with Crippen molar-refractivity contribution in [1.29, 1.82) is 0 Å². The molecule has 0 aromatic carbocycles. The third-order valence-corrected chi connectivity index (χ3v) is 13.0. The Morgan fingerprint density at radius 2 is 1.78 bits per heavy atom. The van der Waals surface area contributed by atoms with E-state index in [2.05, 4.69) is 59.3 Å². The number of hydrogen-bond donors (Lipinski definition) is 0. The number of esters is 1. The van der Waals surface area contributed by atoms with E-state index in [9.17, 15) is 4.79 Å². The van der Waals surface area contributed by atoms with Gasteiger partial charge < -0.3 is 4.74 Å². The molecule has 4 fully saturated rings. The van der Waals surface area contributed by atoms with Gasteiger partial charge in [0.05, 0.1) is 6.42 Å². The first-order chi connectivity index (χ1) is 17.5. The van der Waals surface area contributed by atoms with Crippen LogP contribution in [0.4, 0.5) is 0 Å². The Morgan fingerprint density at radius 3 is 2.51 bits per heavy atom. The van der Waals surface area contributed by atoms with Crippen LogP contribution in [0, 0.1) is 63.6 Å². The smallest absolute Gasteiger partial charge is 0.307 e. The minimum atomic E-state index is -0.113. The van der Waals surface area contributed by atoms with Crippen LogP contribution < -0.4 is 0 Å². The fraction of sp³-hybridized carbons (Fsp3) is 0.800. The summed E-state index contributed by atoms with van der Waals surface area (Å²) in [5, 5.41) is 0. The Balaban J connectivity index is 1.42. The molecule has 5 aliphatic rings. The third-order valence-electron chi connectivity index (χ3n) is 13.0. The van der Waals surface area contributed by atoms with E-state index < -0.39 is 0 Å². The molecule has 2 heteroatoms. The van der Waals surface area contributed by atoms with E-state index in [1.165, 1.54) is 64.2 Å². The lowest BCUT2D eigenvalue weighted by atomic mass is 9.37. The van der Waals surface area contributed by atoms with Crippen molar-refractivity contribution in [1.82, 2.24) is 0 Å². The standard InChI is InChI=1S/C35H52O2/c1-8-10-11-31(36)37-30-17-20-34(7)28(32(30,4)5)16-19-33(6)26-15-22-35(18-9-2)21-14-24(3)23-27(35)25(26)12-13-29(33)34/h1,9,12,24,26-30H,2,10-11,13-23H2,3-7H3. The molecule has 9 atom stereocenters. The number of allylic oxidation sites excluding steroid dienone is 3. The zero-order valence-electron chi connectivity index (χ0n) is 24.4. The van der Waals surface area contributed by atoms with E-state index >= 15 is 0 Å². The van der Waals surface area contributed by atoms with Gasteiger partial charge in [-0.05, 0) is 110 Å². The van der Waals surface area contributed by atoms with Gasteiger partial charge in [0.1, 0.15) is 6.10 Å². The monoisotopic (exact) mass is 504 g/mol. The number of fused-ring (bicyclic) bond motifs is 7. The second kappa shape index (κ2) is 9.61. The molecule has 4 saturated carbocycles. The van der Waals surface area contributed by atoms with Gasteiger partial charge in [-0.1, -0.05) is 58.8 Å². The van der Waals surface area contributed by atoms with Gasteiger partial charge in [0.25, 0.3) is 0 Å². The lowest BCUT2D eigenvalue weighted by Crippen LogP contribution is -2.62. The highest BCUT2D eigenvalue weighted by molar-refractivity contribution is 5.70. The van der Waals surface area contributed by atoms with E-state index in [1.54, 1.807) is 0 Å². The highest BCUT2D eigenvalue weighted by atomic mass is 16.5. The molecule has 0 bridgehead atoms. The maximum Gasteiger partial charge on any atom is 0.307 e. The Morgan fingerprint density at radius 1 is 1.05 bits per heavy atom. The lowest BCUT2D eigenvalue weighted by Gasteiger charge is -2.68. The van der Waals surface area contributed by atoms with Crippen molar-refractivity contribution in [3.8, 4) is 12.3 Å². The quantitative estimate of drug-likeness (QED) is 0.212. The van der Waals surface area contributed by atoms with Gasteiger partial charge in [-0.15, -0.1) is 18.9 Å². The Labute approximate surface area is 227 Å². The van der Waals surface area contributed by atoms with Crippen LogP contribution in [0.25, 0.3) is 0 Å². The molecule has 0 aromatic heterocycles. The Hall–Kier alpha value is -1.49. The molecule has 0 aliphatic heterocycles. The highest BCUT2D eigenvalue weighted by Gasteiger charge is 2.65. The van der Waals surface area contributed by atoms with E-state index in [0.717, 1.165) is 30.1 Å². The van der Waals surface area contributed by atoms with Crippen LogP contribution in [-0.4, -0.2) is 12.1 Å². The van der Waals surface area contributed by atoms with Crippen LogP contribution in [0.15, 0.2) is 24.3 Å². The van der Waals surface area contributed by atoms with Crippen LogP contribution in [0.3, 0.4) is 0 Å². The highest BCUT2D eigenvalue weighted by Crippen LogP contribution is 2.72. The summed E-state index contributed by atoms with van der Waals surface area (Å²) in [6.45, 7) is 16.7. The predicted octanol–water partition coefficient (Wildman–Crippen LogP) is 8.91. The molecule has 5 rings (SSSR count). The maximum absolute atomic E-state index is 12.5. The molecule has 37 heavy (non-hydrogen) atoms. The van der Waals surface area contributed by atoms with Crippen molar-refractivity contribution in [2.24, 2.45) is 51.2 Å². The lowest BCUT2D eigenvalue weighted by molar-refractivity contribution is -0.201. The van der Waals surface area contributed by atoms with E-state index in [1.807, 2.05) is 5.57 Å². The van der Waals surface area contributed by atoms with Crippen molar-refractivity contribution in [2.45, 2.75) is 124 Å². The molecule has 0 aromatic rings. The summed E-state index contributed by atoms with van der Waals surface area (Å²) < 4.78 is 6.10. The molecule has 0 radical (unpaired) electrons. The molecule has 5 aliphatic carbocycles. The van der Waals surface area contributed by atoms with Gasteiger partial charge in [-0.25, -0.2) is 0 Å². The normalized spacial score (nSPS) is 46.1. The first-order valence-electron chi connectivity index (χ1n) is 15.5. The van der Waals surface area contributed by atoms with Crippen LogP contribution >= 0.6 is 0 Å². The van der Waals surface area contributed by atoms with Crippen molar-refractivity contribution in [3.05, 3.63) is 24.3 Å². The number of rotatable bonds is 5. The Bertz CT molecular complexity index is 982. The second-order valence-electron chi connectivity index (χ2n) is 15.0. The first-order valence-corrected chi connectivity index (χ1v) is 15.5. The molecule has 0 N–H and O–H groups in total. The number of carbonyl (C=O) groups is 1. The van der Waals surface area contributed by atoms with E-state index in [4.69, 9.17) is 11.2 Å². The number of ether oxygens (including phenoxy) is 1. The summed E-state index contributed by atoms with van der Waals surface area (Å²) in [7, 11) is 0. The number of hydrogen-bond acceptors (Lipinski definition) is 2. The molecule has 2 nitrogen and oxygen atoms in total. The predicted molar refractivity (Wildman–Crippen MR) is 153 cm³/mol. The molecule has 0 saturated heterocycles. The SMILES string of the molecule is C#CCCC(=O)OC1CCC2(C)C(CCC3(C)C4CCC5(CC=C)CCC(C)CC5C4=CCC32)C1(C)C. The third kappa shape index (κ3) is 4.17. The summed E-state index contributed by atoms with van der Waals surface area (Å²) in [6.07, 6.45) is 25.3. The average molecular weight is 505 g/mol. The fourth-order valence-electron chi connectivity index (χ4n) is 11.1. The van der Waals surface area contributed by atoms with Gasteiger partial charge in [0, 0.05) is 11.8 Å². The average Bonchev–Trinajstić information content (AvgIpc) is 2.84. The summed E-state index contributed by atoms with van der Waals surface area (Å²) in [6, 6.07) is 0. The molecule has 0 amide bonds. The second-order valence-corrected chi connectivity index (χ2v) is 15.0. The molecule has 9 unspecified atom stereocenters. The van der Waals surface area contributed by atoms with Crippen LogP contribution in [-0.2, 0) is 9.53 Å². The van der Waals surface area contributed by atoms with E-state index in [-0.39, 0.29) is 17.5 Å². The van der Waals surface area contributed by atoms with Gasteiger partial charge in [-0.2, -0.15) is 0 Å². The number of carbonyl (C=O) groups excluding carboxylic acids is 1.